The molecule has 8 heteroatoms. The van der Waals surface area contributed by atoms with Crippen LogP contribution in [0.5, 0.6) is 0 Å². The number of rotatable bonds is 3. The Bertz CT molecular complexity index is 921. The van der Waals surface area contributed by atoms with Crippen molar-refractivity contribution in [2.45, 2.75) is 89.0 Å². The van der Waals surface area contributed by atoms with Crippen molar-refractivity contribution in [2.75, 3.05) is 7.11 Å². The third kappa shape index (κ3) is 2.90. The predicted octanol–water partition coefficient (Wildman–Crippen LogP) is 3.91. The molecule has 0 unspecified atom stereocenters. The number of hydrogen-bond acceptors (Lipinski definition) is 6. The molecule has 0 saturated heterocycles. The molecule has 0 heterocycles. The Morgan fingerprint density at radius 3 is 2.55 bits per heavy atom. The minimum absolute atomic E-state index is 0.0429. The number of ketones is 1. The van der Waals surface area contributed by atoms with E-state index < -0.39 is 57.4 Å². The van der Waals surface area contributed by atoms with E-state index in [4.69, 9.17) is 21.1 Å². The number of aliphatic hydroxyl groups is 1. The van der Waals surface area contributed by atoms with Crippen molar-refractivity contribution in [1.82, 2.24) is 0 Å². The third-order valence-corrected chi connectivity index (χ3v) is 10.6. The number of ether oxygens (including phenoxy) is 2. The topological polar surface area (TPSA) is 89.9 Å². The van der Waals surface area contributed by atoms with Crippen LogP contribution < -0.4 is 0 Å². The van der Waals surface area contributed by atoms with E-state index in [0.717, 1.165) is 0 Å². The minimum Gasteiger partial charge on any atom is -0.466 e. The summed E-state index contributed by atoms with van der Waals surface area (Å²) in [6.45, 7) is 7.19. The molecule has 0 bridgehead atoms. The summed E-state index contributed by atoms with van der Waals surface area (Å²) >= 11 is 7.38. The molecule has 0 aliphatic heterocycles. The van der Waals surface area contributed by atoms with Gasteiger partial charge in [-0.05, 0) is 49.2 Å². The van der Waals surface area contributed by atoms with Gasteiger partial charge in [-0.1, -0.05) is 27.7 Å². The monoisotopic (exact) mass is 484 g/mol. The largest absolute Gasteiger partial charge is 0.466 e. The molecule has 4 aliphatic rings. The number of halogens is 2. The lowest BCUT2D eigenvalue weighted by atomic mass is 9.44. The SMILES string of the molecule is CCC(=O)O[C@]1(C(=O)OC)[C@@H](C)C[C@H]2[C@@H]3C[C@H](F)C4=CC(=O)CC[C@]4(C)[C@@]3(Cl)[C@@H](O)C[C@@]21C. The maximum absolute atomic E-state index is 15.6. The van der Waals surface area contributed by atoms with Gasteiger partial charge in [0.1, 0.15) is 6.17 Å². The van der Waals surface area contributed by atoms with Gasteiger partial charge in [-0.3, -0.25) is 9.59 Å². The third-order valence-electron chi connectivity index (χ3n) is 9.62. The van der Waals surface area contributed by atoms with Crippen LogP contribution in [0.4, 0.5) is 4.39 Å². The lowest BCUT2D eigenvalue weighted by molar-refractivity contribution is -0.216. The zero-order chi connectivity index (χ0) is 24.6. The summed E-state index contributed by atoms with van der Waals surface area (Å²) in [6.07, 6.45) is 0.235. The molecule has 184 valence electrons. The summed E-state index contributed by atoms with van der Waals surface area (Å²) < 4.78 is 26.7. The first-order valence-corrected chi connectivity index (χ1v) is 12.3. The predicted molar refractivity (Wildman–Crippen MR) is 119 cm³/mol. The molecule has 0 amide bonds. The van der Waals surface area contributed by atoms with Gasteiger partial charge >= 0.3 is 11.9 Å². The Morgan fingerprint density at radius 2 is 1.94 bits per heavy atom. The van der Waals surface area contributed by atoms with Gasteiger partial charge < -0.3 is 14.6 Å². The summed E-state index contributed by atoms with van der Waals surface area (Å²) in [6, 6.07) is 0. The molecule has 9 atom stereocenters. The van der Waals surface area contributed by atoms with Gasteiger partial charge in [0.2, 0.25) is 5.60 Å². The molecule has 33 heavy (non-hydrogen) atoms. The maximum Gasteiger partial charge on any atom is 0.351 e. The van der Waals surface area contributed by atoms with Gasteiger partial charge in [0.15, 0.2) is 5.78 Å². The van der Waals surface area contributed by atoms with E-state index in [0.29, 0.717) is 18.4 Å². The number of allylic oxidation sites excluding steroid dienone is 1. The van der Waals surface area contributed by atoms with Crippen LogP contribution >= 0.6 is 11.6 Å². The normalized spacial score (nSPS) is 48.8. The number of alkyl halides is 2. The van der Waals surface area contributed by atoms with Crippen molar-refractivity contribution in [1.29, 1.82) is 0 Å². The summed E-state index contributed by atoms with van der Waals surface area (Å²) in [5, 5.41) is 11.6. The quantitative estimate of drug-likeness (QED) is 0.482. The molecule has 4 rings (SSSR count). The van der Waals surface area contributed by atoms with Crippen LogP contribution in [0.3, 0.4) is 0 Å². The first kappa shape index (κ1) is 24.6. The highest BCUT2D eigenvalue weighted by atomic mass is 35.5. The Hall–Kier alpha value is -1.47. The Labute approximate surface area is 199 Å². The number of esters is 2. The average molecular weight is 485 g/mol. The van der Waals surface area contributed by atoms with Gasteiger partial charge in [0, 0.05) is 29.6 Å². The first-order valence-electron chi connectivity index (χ1n) is 11.9. The molecule has 0 spiro atoms. The van der Waals surface area contributed by atoms with Crippen molar-refractivity contribution in [3.8, 4) is 0 Å². The molecule has 0 radical (unpaired) electrons. The second-order valence-electron chi connectivity index (χ2n) is 10.9. The summed E-state index contributed by atoms with van der Waals surface area (Å²) in [5.74, 6) is -2.47. The molecule has 4 aliphatic carbocycles. The molecular formula is C25H34ClFO6. The molecular weight excluding hydrogens is 451 g/mol. The first-order chi connectivity index (χ1) is 15.3. The molecule has 6 nitrogen and oxygen atoms in total. The van der Waals surface area contributed by atoms with Crippen LogP contribution in [-0.2, 0) is 23.9 Å². The van der Waals surface area contributed by atoms with Crippen molar-refractivity contribution < 1.29 is 33.4 Å². The summed E-state index contributed by atoms with van der Waals surface area (Å²) in [7, 11) is 1.26. The van der Waals surface area contributed by atoms with Crippen LogP contribution in [0.15, 0.2) is 11.6 Å². The van der Waals surface area contributed by atoms with Gasteiger partial charge in [0.25, 0.3) is 0 Å². The second-order valence-corrected chi connectivity index (χ2v) is 11.5. The van der Waals surface area contributed by atoms with E-state index in [1.165, 1.54) is 13.2 Å². The van der Waals surface area contributed by atoms with E-state index in [2.05, 4.69) is 0 Å². The van der Waals surface area contributed by atoms with Crippen LogP contribution in [0.25, 0.3) is 0 Å². The molecule has 3 saturated carbocycles. The Morgan fingerprint density at radius 1 is 1.27 bits per heavy atom. The fraction of sp³-hybridized carbons (Fsp3) is 0.800. The van der Waals surface area contributed by atoms with Crippen LogP contribution in [-0.4, -0.2) is 52.7 Å². The highest BCUT2D eigenvalue weighted by Crippen LogP contribution is 2.72. The lowest BCUT2D eigenvalue weighted by Crippen LogP contribution is -2.71. The molecule has 0 aromatic rings. The van der Waals surface area contributed by atoms with Crippen molar-refractivity contribution in [3.63, 3.8) is 0 Å². The summed E-state index contributed by atoms with van der Waals surface area (Å²) in [5.41, 5.74) is -3.11. The maximum atomic E-state index is 15.6. The van der Waals surface area contributed by atoms with E-state index in [-0.39, 0.29) is 37.4 Å². The van der Waals surface area contributed by atoms with Crippen molar-refractivity contribution in [3.05, 3.63) is 11.6 Å². The highest BCUT2D eigenvalue weighted by Gasteiger charge is 2.78. The number of fused-ring (bicyclic) bond motifs is 5. The summed E-state index contributed by atoms with van der Waals surface area (Å²) in [4.78, 5) is 36.7. The van der Waals surface area contributed by atoms with Gasteiger partial charge in [-0.25, -0.2) is 9.18 Å². The van der Waals surface area contributed by atoms with E-state index in [1.807, 2.05) is 20.8 Å². The standard InChI is InChI=1S/C25H34ClFO6/c1-6-20(30)33-25(21(31)32-5)13(2)9-15-16-11-18(27)17-10-14(28)7-8-22(17,3)24(16,26)19(29)12-23(15,25)4/h10,13,15-16,18-19,29H,6-9,11-12H2,1-5H3/t13-,15-,16-,18-,19-,22-,23-,24-,25-/m0/s1. The number of methoxy groups -OCH3 is 1. The Kier molecular flexibility index (Phi) is 5.80. The smallest absolute Gasteiger partial charge is 0.351 e. The van der Waals surface area contributed by atoms with Crippen LogP contribution in [0, 0.1) is 28.6 Å². The Balaban J connectivity index is 1.87. The number of hydrogen-bond donors (Lipinski definition) is 1. The second kappa shape index (κ2) is 7.77. The number of aliphatic hydroxyl groups excluding tert-OH is 1. The zero-order valence-corrected chi connectivity index (χ0v) is 20.7. The highest BCUT2D eigenvalue weighted by molar-refractivity contribution is 6.26. The van der Waals surface area contributed by atoms with Crippen LogP contribution in [0.1, 0.15) is 66.2 Å². The van der Waals surface area contributed by atoms with Crippen molar-refractivity contribution in [2.24, 2.45) is 28.6 Å². The molecule has 1 N–H and O–H groups in total. The van der Waals surface area contributed by atoms with Gasteiger partial charge in [0.05, 0.1) is 18.1 Å². The molecule has 3 fully saturated rings. The molecule has 0 aromatic carbocycles. The zero-order valence-electron chi connectivity index (χ0n) is 20.0. The van der Waals surface area contributed by atoms with Crippen LogP contribution in [0.2, 0.25) is 0 Å². The fourth-order valence-electron chi connectivity index (χ4n) is 7.98. The average Bonchev–Trinajstić information content (AvgIpc) is 2.98. The van der Waals surface area contributed by atoms with Gasteiger partial charge in [-0.15, -0.1) is 11.6 Å². The van der Waals surface area contributed by atoms with E-state index in [9.17, 15) is 19.5 Å². The van der Waals surface area contributed by atoms with E-state index >= 15 is 4.39 Å². The number of carbonyl (C=O) groups is 3. The fourth-order valence-corrected chi connectivity index (χ4v) is 8.50. The van der Waals surface area contributed by atoms with Crippen molar-refractivity contribution >= 4 is 29.3 Å². The number of carbonyl (C=O) groups excluding carboxylic acids is 3. The van der Waals surface area contributed by atoms with E-state index in [1.54, 1.807) is 6.92 Å². The molecule has 0 aromatic heterocycles. The lowest BCUT2D eigenvalue weighted by Gasteiger charge is -2.65. The minimum atomic E-state index is -1.59. The van der Waals surface area contributed by atoms with Gasteiger partial charge in [-0.2, -0.15) is 0 Å².